The molecule has 0 aromatic heterocycles. The summed E-state index contributed by atoms with van der Waals surface area (Å²) < 4.78 is 51.2. The van der Waals surface area contributed by atoms with Gasteiger partial charge < -0.3 is 29.2 Å². The minimum atomic E-state index is -4.45. The molecule has 3 rings (SSSR count). The van der Waals surface area contributed by atoms with Gasteiger partial charge in [0.25, 0.3) is 10.0 Å². The smallest absolute Gasteiger partial charge is 0.265 e. The van der Waals surface area contributed by atoms with E-state index >= 15 is 0 Å². The Kier molecular flexibility index (Phi) is 12.1. The van der Waals surface area contributed by atoms with Gasteiger partial charge in [0.15, 0.2) is 11.5 Å². The number of benzene rings is 3. The number of anilines is 1. The second kappa shape index (κ2) is 15.5. The molecule has 1 N–H and O–H groups in total. The quantitative estimate of drug-likeness (QED) is 0.256. The zero-order valence-corrected chi connectivity index (χ0v) is 27.2. The van der Waals surface area contributed by atoms with Gasteiger partial charge in [-0.25, -0.2) is 8.42 Å². The van der Waals surface area contributed by atoms with E-state index in [1.54, 1.807) is 50.2 Å². The summed E-state index contributed by atoms with van der Waals surface area (Å²) in [5.74, 6) is 0.00545. The van der Waals surface area contributed by atoms with Crippen LogP contribution in [-0.2, 0) is 26.2 Å². The monoisotopic (exact) mass is 647 g/mol. The zero-order chi connectivity index (χ0) is 32.4. The van der Waals surface area contributed by atoms with Crippen LogP contribution in [0.5, 0.6) is 23.0 Å². The van der Waals surface area contributed by atoms with Crippen molar-refractivity contribution in [2.24, 2.45) is 0 Å². The highest BCUT2D eigenvalue weighted by Gasteiger charge is 2.35. The topological polar surface area (TPSA) is 124 Å². The first kappa shape index (κ1) is 34.3. The van der Waals surface area contributed by atoms with Gasteiger partial charge >= 0.3 is 0 Å². The summed E-state index contributed by atoms with van der Waals surface area (Å²) in [7, 11) is 1.20. The van der Waals surface area contributed by atoms with Crippen molar-refractivity contribution in [3.05, 3.63) is 71.2 Å². The molecule has 0 fully saturated rings. The lowest BCUT2D eigenvalue weighted by Crippen LogP contribution is -2.52. The van der Waals surface area contributed by atoms with Crippen LogP contribution in [0.25, 0.3) is 0 Å². The van der Waals surface area contributed by atoms with Crippen LogP contribution < -0.4 is 28.6 Å². The van der Waals surface area contributed by atoms with Crippen LogP contribution >= 0.6 is 11.6 Å². The second-order valence-electron chi connectivity index (χ2n) is 9.50. The number of likely N-dealkylation sites (N-methyl/N-ethyl adjacent to an activating group) is 1. The van der Waals surface area contributed by atoms with Crippen LogP contribution in [0.3, 0.4) is 0 Å². The highest BCUT2D eigenvalue weighted by Crippen LogP contribution is 2.38. The number of sulfonamides is 1. The van der Waals surface area contributed by atoms with E-state index < -0.39 is 28.5 Å². The van der Waals surface area contributed by atoms with E-state index in [1.807, 2.05) is 0 Å². The molecule has 3 aromatic carbocycles. The van der Waals surface area contributed by atoms with Gasteiger partial charge in [-0.15, -0.1) is 0 Å². The molecule has 0 spiro atoms. The average Bonchev–Trinajstić information content (AvgIpc) is 3.03. The highest BCUT2D eigenvalue weighted by atomic mass is 35.5. The Bertz CT molecular complexity index is 1570. The van der Waals surface area contributed by atoms with Gasteiger partial charge in [-0.2, -0.15) is 0 Å². The molecule has 238 valence electrons. The average molecular weight is 648 g/mol. The molecule has 0 aliphatic heterocycles. The molecule has 0 radical (unpaired) electrons. The van der Waals surface area contributed by atoms with Gasteiger partial charge in [-0.05, 0) is 49.2 Å². The lowest BCUT2D eigenvalue weighted by Gasteiger charge is -2.33. The number of hydrogen-bond donors (Lipinski definition) is 1. The Labute approximate surface area is 263 Å². The van der Waals surface area contributed by atoms with Crippen molar-refractivity contribution in [2.45, 2.75) is 37.8 Å². The first-order valence-electron chi connectivity index (χ1n) is 13.8. The van der Waals surface area contributed by atoms with Crippen molar-refractivity contribution in [3.8, 4) is 23.0 Å². The number of halogens is 1. The molecule has 11 nitrogen and oxygen atoms in total. The van der Waals surface area contributed by atoms with E-state index in [1.165, 1.54) is 57.6 Å². The van der Waals surface area contributed by atoms with Crippen LogP contribution in [-0.4, -0.2) is 72.7 Å². The number of amides is 2. The minimum Gasteiger partial charge on any atom is -0.497 e. The normalized spacial score (nSPS) is 11.7. The number of nitrogens with zero attached hydrogens (tertiary/aromatic N) is 2. The number of carbonyl (C=O) groups excluding carboxylic acids is 2. The summed E-state index contributed by atoms with van der Waals surface area (Å²) in [5.41, 5.74) is 0.650. The first-order chi connectivity index (χ1) is 21.1. The maximum absolute atomic E-state index is 14.4. The summed E-state index contributed by atoms with van der Waals surface area (Å²) in [6.45, 7) is 3.19. The lowest BCUT2D eigenvalue weighted by molar-refractivity contribution is -0.140. The summed E-state index contributed by atoms with van der Waals surface area (Å²) in [4.78, 5) is 28.6. The molecule has 44 heavy (non-hydrogen) atoms. The van der Waals surface area contributed by atoms with Crippen molar-refractivity contribution in [1.82, 2.24) is 10.2 Å². The fraction of sp³-hybridized carbons (Fsp3) is 0.355. The molecule has 2 amide bonds. The molecule has 1 atom stereocenters. The predicted octanol–water partition coefficient (Wildman–Crippen LogP) is 4.51. The molecule has 3 aromatic rings. The molecular weight excluding hydrogens is 610 g/mol. The maximum atomic E-state index is 14.4. The van der Waals surface area contributed by atoms with Crippen LogP contribution in [0.15, 0.2) is 65.6 Å². The fourth-order valence-corrected chi connectivity index (χ4v) is 6.26. The van der Waals surface area contributed by atoms with E-state index in [0.717, 1.165) is 4.31 Å². The summed E-state index contributed by atoms with van der Waals surface area (Å²) >= 11 is 6.44. The van der Waals surface area contributed by atoms with Gasteiger partial charge in [0.05, 0.1) is 39.0 Å². The molecule has 0 saturated carbocycles. The van der Waals surface area contributed by atoms with Crippen LogP contribution in [0.4, 0.5) is 5.69 Å². The van der Waals surface area contributed by atoms with E-state index in [0.29, 0.717) is 28.6 Å². The largest absolute Gasteiger partial charge is 0.497 e. The van der Waals surface area contributed by atoms with Gasteiger partial charge in [0.2, 0.25) is 11.8 Å². The van der Waals surface area contributed by atoms with Gasteiger partial charge in [0.1, 0.15) is 24.1 Å². The number of ether oxygens (including phenoxy) is 4. The summed E-state index contributed by atoms with van der Waals surface area (Å²) in [6.07, 6.45) is 0.271. The van der Waals surface area contributed by atoms with E-state index in [4.69, 9.17) is 30.5 Å². The lowest BCUT2D eigenvalue weighted by atomic mass is 10.1. The highest BCUT2D eigenvalue weighted by molar-refractivity contribution is 7.92. The number of carbonyl (C=O) groups is 2. The third kappa shape index (κ3) is 7.67. The Hall–Kier alpha value is -4.16. The number of hydrogen-bond acceptors (Lipinski definition) is 8. The van der Waals surface area contributed by atoms with Crippen molar-refractivity contribution in [2.75, 3.05) is 45.8 Å². The first-order valence-corrected chi connectivity index (χ1v) is 15.6. The number of nitrogens with one attached hydrogen (secondary N) is 1. The standard InChI is InChI=1S/C31H38ClN3O8S/c1-7-25(31(37)33-8-2)34(19-21-11-9-10-12-24(21)32)30(36)20-35(26-17-22(40-3)13-15-27(26)41-4)44(38,39)23-14-16-28(42-5)29(18-23)43-6/h9-18,25H,7-8,19-20H2,1-6H3,(H,33,37)/t25-/m0/s1. The Balaban J connectivity index is 2.21. The number of methoxy groups -OCH3 is 4. The Morgan fingerprint density at radius 3 is 2.11 bits per heavy atom. The summed E-state index contributed by atoms with van der Waals surface area (Å²) in [5, 5.41) is 3.17. The van der Waals surface area contributed by atoms with E-state index in [9.17, 15) is 18.0 Å². The molecule has 0 aliphatic rings. The van der Waals surface area contributed by atoms with Crippen LogP contribution in [0.2, 0.25) is 5.02 Å². The molecule has 13 heteroatoms. The molecular formula is C31H38ClN3O8S. The Morgan fingerprint density at radius 2 is 1.52 bits per heavy atom. The predicted molar refractivity (Wildman–Crippen MR) is 168 cm³/mol. The van der Waals surface area contributed by atoms with E-state index in [2.05, 4.69) is 5.32 Å². The van der Waals surface area contributed by atoms with Crippen molar-refractivity contribution in [1.29, 1.82) is 0 Å². The third-order valence-electron chi connectivity index (χ3n) is 6.91. The third-order valence-corrected chi connectivity index (χ3v) is 9.04. The second-order valence-corrected chi connectivity index (χ2v) is 11.8. The van der Waals surface area contributed by atoms with Crippen LogP contribution in [0, 0.1) is 0 Å². The Morgan fingerprint density at radius 1 is 0.864 bits per heavy atom. The fourth-order valence-electron chi connectivity index (χ4n) is 4.63. The van der Waals surface area contributed by atoms with Crippen molar-refractivity contribution < 1.29 is 37.0 Å². The number of rotatable bonds is 15. The SMILES string of the molecule is CCNC(=O)[C@H](CC)N(Cc1ccccc1Cl)C(=O)CN(c1cc(OC)ccc1OC)S(=O)(=O)c1ccc(OC)c(OC)c1. The molecule has 0 aliphatic carbocycles. The molecule has 0 bridgehead atoms. The van der Waals surface area contributed by atoms with Gasteiger partial charge in [-0.3, -0.25) is 13.9 Å². The molecule has 0 unspecified atom stereocenters. The van der Waals surface area contributed by atoms with Crippen molar-refractivity contribution >= 4 is 39.1 Å². The molecule has 0 heterocycles. The van der Waals surface area contributed by atoms with Gasteiger partial charge in [-0.1, -0.05) is 36.7 Å². The zero-order valence-electron chi connectivity index (χ0n) is 25.6. The van der Waals surface area contributed by atoms with Crippen LogP contribution in [0.1, 0.15) is 25.8 Å². The summed E-state index contributed by atoms with van der Waals surface area (Å²) in [6, 6.07) is 14.8. The minimum absolute atomic E-state index is 0.0341. The van der Waals surface area contributed by atoms with Gasteiger partial charge in [0, 0.05) is 30.2 Å². The van der Waals surface area contributed by atoms with Crippen molar-refractivity contribution in [3.63, 3.8) is 0 Å². The molecule has 0 saturated heterocycles. The van der Waals surface area contributed by atoms with E-state index in [-0.39, 0.29) is 41.0 Å². The maximum Gasteiger partial charge on any atom is 0.265 e.